The van der Waals surface area contributed by atoms with Gasteiger partial charge in [0.2, 0.25) is 0 Å². The van der Waals surface area contributed by atoms with Crippen LogP contribution < -0.4 is 0 Å². The maximum absolute atomic E-state index is 9.24. The van der Waals surface area contributed by atoms with Crippen molar-refractivity contribution < 1.29 is 9.52 Å². The minimum absolute atomic E-state index is 0.264. The minimum Gasteiger partial charge on any atom is -0.508 e. The Balaban J connectivity index is 2.22. The van der Waals surface area contributed by atoms with E-state index in [1.165, 1.54) is 0 Å². The van der Waals surface area contributed by atoms with Crippen LogP contribution in [0.15, 0.2) is 59.2 Å². The van der Waals surface area contributed by atoms with Gasteiger partial charge in [-0.1, -0.05) is 24.3 Å². The standard InChI is InChI=1S/C14H10O2/c15-12-7-5-10(6-8-12)14-13-4-2-1-3-11(13)9-16-14/h1-9,15H. The van der Waals surface area contributed by atoms with Crippen molar-refractivity contribution in [2.45, 2.75) is 0 Å². The normalized spacial score (nSPS) is 10.8. The summed E-state index contributed by atoms with van der Waals surface area (Å²) in [7, 11) is 0. The van der Waals surface area contributed by atoms with E-state index in [0.29, 0.717) is 0 Å². The Labute approximate surface area is 92.8 Å². The largest absolute Gasteiger partial charge is 0.508 e. The van der Waals surface area contributed by atoms with E-state index in [1.54, 1.807) is 18.4 Å². The number of fused-ring (bicyclic) bond motifs is 1. The maximum Gasteiger partial charge on any atom is 0.141 e. The van der Waals surface area contributed by atoms with Gasteiger partial charge in [0.15, 0.2) is 0 Å². The van der Waals surface area contributed by atoms with Crippen LogP contribution in [0, 0.1) is 0 Å². The lowest BCUT2D eigenvalue weighted by Gasteiger charge is -1.98. The third-order valence-electron chi connectivity index (χ3n) is 2.64. The molecule has 0 aliphatic heterocycles. The molecule has 3 aromatic rings. The summed E-state index contributed by atoms with van der Waals surface area (Å²) < 4.78 is 5.56. The van der Waals surface area contributed by atoms with E-state index < -0.39 is 0 Å². The van der Waals surface area contributed by atoms with Crippen LogP contribution >= 0.6 is 0 Å². The first kappa shape index (κ1) is 9.04. The number of furan rings is 1. The summed E-state index contributed by atoms with van der Waals surface area (Å²) >= 11 is 0. The van der Waals surface area contributed by atoms with Crippen molar-refractivity contribution >= 4 is 10.8 Å². The van der Waals surface area contributed by atoms with Gasteiger partial charge in [-0.15, -0.1) is 0 Å². The molecule has 16 heavy (non-hydrogen) atoms. The number of hydrogen-bond acceptors (Lipinski definition) is 2. The van der Waals surface area contributed by atoms with E-state index in [9.17, 15) is 5.11 Å². The van der Waals surface area contributed by atoms with Gasteiger partial charge >= 0.3 is 0 Å². The number of phenols is 1. The summed E-state index contributed by atoms with van der Waals surface area (Å²) in [5.74, 6) is 1.11. The first-order valence-electron chi connectivity index (χ1n) is 5.10. The highest BCUT2D eigenvalue weighted by molar-refractivity contribution is 5.94. The lowest BCUT2D eigenvalue weighted by atomic mass is 10.1. The van der Waals surface area contributed by atoms with Crippen LogP contribution in [0.2, 0.25) is 0 Å². The van der Waals surface area contributed by atoms with Crippen molar-refractivity contribution in [2.24, 2.45) is 0 Å². The Morgan fingerprint density at radius 2 is 1.62 bits per heavy atom. The number of phenolic OH excluding ortho intramolecular Hbond substituents is 1. The van der Waals surface area contributed by atoms with E-state index in [1.807, 2.05) is 36.4 Å². The second-order valence-corrected chi connectivity index (χ2v) is 3.70. The zero-order valence-electron chi connectivity index (χ0n) is 8.55. The minimum atomic E-state index is 0.264. The highest BCUT2D eigenvalue weighted by Gasteiger charge is 2.07. The molecule has 0 saturated heterocycles. The van der Waals surface area contributed by atoms with Gasteiger partial charge in [0, 0.05) is 16.3 Å². The number of benzene rings is 2. The van der Waals surface area contributed by atoms with Gasteiger partial charge in [-0.2, -0.15) is 0 Å². The third kappa shape index (κ3) is 1.36. The Hall–Kier alpha value is -2.22. The highest BCUT2D eigenvalue weighted by atomic mass is 16.3. The topological polar surface area (TPSA) is 33.4 Å². The van der Waals surface area contributed by atoms with E-state index in [2.05, 4.69) is 0 Å². The van der Waals surface area contributed by atoms with Crippen molar-refractivity contribution in [3.63, 3.8) is 0 Å². The fourth-order valence-electron chi connectivity index (χ4n) is 1.83. The van der Waals surface area contributed by atoms with Gasteiger partial charge in [-0.05, 0) is 24.3 Å². The van der Waals surface area contributed by atoms with Crippen LogP contribution in [0.4, 0.5) is 0 Å². The highest BCUT2D eigenvalue weighted by Crippen LogP contribution is 2.30. The van der Waals surface area contributed by atoms with E-state index in [4.69, 9.17) is 4.42 Å². The fraction of sp³-hybridized carbons (Fsp3) is 0. The smallest absolute Gasteiger partial charge is 0.141 e. The fourth-order valence-corrected chi connectivity index (χ4v) is 1.83. The Morgan fingerprint density at radius 1 is 0.875 bits per heavy atom. The molecule has 0 aliphatic carbocycles. The van der Waals surface area contributed by atoms with Crippen molar-refractivity contribution in [3.8, 4) is 17.1 Å². The Kier molecular flexibility index (Phi) is 1.93. The van der Waals surface area contributed by atoms with Crippen molar-refractivity contribution in [3.05, 3.63) is 54.8 Å². The first-order chi connectivity index (χ1) is 7.84. The molecule has 0 aliphatic rings. The van der Waals surface area contributed by atoms with Gasteiger partial charge in [0.1, 0.15) is 11.5 Å². The number of hydrogen-bond donors (Lipinski definition) is 1. The predicted molar refractivity (Wildman–Crippen MR) is 63.3 cm³/mol. The molecule has 2 nitrogen and oxygen atoms in total. The van der Waals surface area contributed by atoms with E-state index in [-0.39, 0.29) is 5.75 Å². The SMILES string of the molecule is Oc1ccc(-c2occ3ccccc23)cc1. The molecule has 1 heterocycles. The lowest BCUT2D eigenvalue weighted by Crippen LogP contribution is -1.74. The van der Waals surface area contributed by atoms with Crippen molar-refractivity contribution in [1.29, 1.82) is 0 Å². The molecule has 2 aromatic carbocycles. The second kappa shape index (κ2) is 3.42. The first-order valence-corrected chi connectivity index (χ1v) is 5.10. The average Bonchev–Trinajstić information content (AvgIpc) is 2.74. The van der Waals surface area contributed by atoms with E-state index >= 15 is 0 Å². The number of aromatic hydroxyl groups is 1. The summed E-state index contributed by atoms with van der Waals surface area (Å²) in [6.45, 7) is 0. The van der Waals surface area contributed by atoms with Crippen LogP contribution in [0.5, 0.6) is 5.75 Å². The lowest BCUT2D eigenvalue weighted by molar-refractivity contribution is 0.475. The van der Waals surface area contributed by atoms with Crippen LogP contribution in [0.1, 0.15) is 0 Å². The molecule has 2 heteroatoms. The van der Waals surface area contributed by atoms with Crippen molar-refractivity contribution in [2.75, 3.05) is 0 Å². The molecule has 0 fully saturated rings. The molecule has 0 bridgehead atoms. The second-order valence-electron chi connectivity index (χ2n) is 3.70. The molecule has 1 N–H and O–H groups in total. The van der Waals surface area contributed by atoms with Crippen molar-refractivity contribution in [1.82, 2.24) is 0 Å². The molecule has 1 aromatic heterocycles. The molecule has 0 spiro atoms. The summed E-state index contributed by atoms with van der Waals surface area (Å²) in [5.41, 5.74) is 0.971. The molecule has 0 amide bonds. The van der Waals surface area contributed by atoms with Gasteiger partial charge in [-0.25, -0.2) is 0 Å². The predicted octanol–water partition coefficient (Wildman–Crippen LogP) is 3.81. The van der Waals surface area contributed by atoms with Gasteiger partial charge in [-0.3, -0.25) is 0 Å². The molecule has 78 valence electrons. The average molecular weight is 210 g/mol. The van der Waals surface area contributed by atoms with Gasteiger partial charge < -0.3 is 9.52 Å². The number of rotatable bonds is 1. The molecular weight excluding hydrogens is 200 g/mol. The third-order valence-corrected chi connectivity index (χ3v) is 2.64. The summed E-state index contributed by atoms with van der Waals surface area (Å²) in [6.07, 6.45) is 1.75. The van der Waals surface area contributed by atoms with Crippen LogP contribution in [0.25, 0.3) is 22.1 Å². The monoisotopic (exact) mass is 210 g/mol. The summed E-state index contributed by atoms with van der Waals surface area (Å²) in [5, 5.41) is 11.4. The maximum atomic E-state index is 9.24. The van der Waals surface area contributed by atoms with Crippen LogP contribution in [0.3, 0.4) is 0 Å². The zero-order chi connectivity index (χ0) is 11.0. The quantitative estimate of drug-likeness (QED) is 0.662. The van der Waals surface area contributed by atoms with Gasteiger partial charge in [0.05, 0.1) is 6.26 Å². The Morgan fingerprint density at radius 3 is 2.44 bits per heavy atom. The molecule has 0 radical (unpaired) electrons. The Bertz CT molecular complexity index is 621. The summed E-state index contributed by atoms with van der Waals surface area (Å²) in [6, 6.07) is 15.0. The molecule has 0 saturated carbocycles. The van der Waals surface area contributed by atoms with Gasteiger partial charge in [0.25, 0.3) is 0 Å². The van der Waals surface area contributed by atoms with Crippen LogP contribution in [-0.4, -0.2) is 5.11 Å². The summed E-state index contributed by atoms with van der Waals surface area (Å²) in [4.78, 5) is 0. The molecule has 0 atom stereocenters. The molecule has 0 unspecified atom stereocenters. The zero-order valence-corrected chi connectivity index (χ0v) is 8.55. The molecular formula is C14H10O2. The molecule has 3 rings (SSSR count). The van der Waals surface area contributed by atoms with E-state index in [0.717, 1.165) is 22.1 Å². The van der Waals surface area contributed by atoms with Crippen LogP contribution in [-0.2, 0) is 0 Å².